The lowest BCUT2D eigenvalue weighted by molar-refractivity contribution is -0.161. The van der Waals surface area contributed by atoms with Crippen molar-refractivity contribution in [1.82, 2.24) is 0 Å². The second-order valence-electron chi connectivity index (χ2n) is 14.7. The number of carbonyl (C=O) groups excluding carboxylic acids is 2. The summed E-state index contributed by atoms with van der Waals surface area (Å²) >= 11 is 0. The summed E-state index contributed by atoms with van der Waals surface area (Å²) in [5.74, 6) is -1.02. The van der Waals surface area contributed by atoms with Crippen LogP contribution in [0.4, 0.5) is 0 Å². The number of rotatable bonds is 41. The average Bonchev–Trinajstić information content (AvgIpc) is 3.21. The molecule has 0 aliphatic carbocycles. The molecule has 11 heteroatoms. The Balaban J connectivity index is 4.40. The molecule has 0 aromatic rings. The Labute approximate surface area is 352 Å². The summed E-state index contributed by atoms with van der Waals surface area (Å²) in [7, 11) is -4.64. The minimum absolute atomic E-state index is 0.0573. The number of carbonyl (C=O) groups is 2. The van der Waals surface area contributed by atoms with E-state index in [0.717, 1.165) is 57.8 Å². The number of aliphatic hydroxyl groups is 2. The molecular formula is C47H81O10P. The zero-order valence-corrected chi connectivity index (χ0v) is 37.1. The topological polar surface area (TPSA) is 149 Å². The maximum absolute atomic E-state index is 12.6. The van der Waals surface area contributed by atoms with Crippen molar-refractivity contribution in [2.75, 3.05) is 26.4 Å². The van der Waals surface area contributed by atoms with Crippen molar-refractivity contribution in [3.05, 3.63) is 72.9 Å². The summed E-state index contributed by atoms with van der Waals surface area (Å²) in [5.41, 5.74) is 0. The number of hydrogen-bond acceptors (Lipinski definition) is 9. The molecule has 334 valence electrons. The molecular weight excluding hydrogens is 755 g/mol. The molecule has 0 fully saturated rings. The third-order valence-corrected chi connectivity index (χ3v) is 10.1. The molecule has 0 rings (SSSR count). The molecule has 3 unspecified atom stereocenters. The fourth-order valence-electron chi connectivity index (χ4n) is 5.72. The van der Waals surface area contributed by atoms with Crippen LogP contribution in [0.5, 0.6) is 0 Å². The Morgan fingerprint density at radius 3 is 1.40 bits per heavy atom. The standard InChI is InChI=1S/C47H81O10P/c1-3-5-7-9-11-13-15-17-19-21-22-23-25-27-29-31-33-35-37-39-47(51)57-45(43-56-58(52,53)55-41-44(49)40-48)42-54-46(50)38-36-34-32-30-28-26-24-20-18-16-14-12-10-8-6-4-2/h5,7,11,13,17,19,22-23,27,29,33,35,44-45,48-49H,3-4,6,8-10,12,14-16,18,20-21,24-26,28,30-32,34,36-43H2,1-2H3,(H,52,53)/b7-5-,13-11-,19-17-,23-22-,29-27-,35-33-. The Bertz CT molecular complexity index is 1190. The van der Waals surface area contributed by atoms with E-state index in [9.17, 15) is 24.2 Å². The van der Waals surface area contributed by atoms with E-state index in [4.69, 9.17) is 19.1 Å². The van der Waals surface area contributed by atoms with Gasteiger partial charge in [-0.3, -0.25) is 18.6 Å². The van der Waals surface area contributed by atoms with Crippen LogP contribution in [0.3, 0.4) is 0 Å². The summed E-state index contributed by atoms with van der Waals surface area (Å²) < 4.78 is 32.6. The third-order valence-electron chi connectivity index (χ3n) is 9.14. The molecule has 0 amide bonds. The molecule has 0 aliphatic heterocycles. The van der Waals surface area contributed by atoms with Crippen LogP contribution in [-0.2, 0) is 32.7 Å². The van der Waals surface area contributed by atoms with Crippen LogP contribution in [0.1, 0.15) is 174 Å². The fourth-order valence-corrected chi connectivity index (χ4v) is 6.51. The van der Waals surface area contributed by atoms with Gasteiger partial charge in [0, 0.05) is 12.8 Å². The van der Waals surface area contributed by atoms with Gasteiger partial charge in [0.15, 0.2) is 6.10 Å². The molecule has 3 N–H and O–H groups in total. The van der Waals surface area contributed by atoms with E-state index < -0.39 is 51.8 Å². The van der Waals surface area contributed by atoms with Gasteiger partial charge in [0.2, 0.25) is 0 Å². The maximum atomic E-state index is 12.6. The SMILES string of the molecule is CC/C=C\C/C=C\C/C=C\C/C=C\C/C=C\C/C=C\CCC(=O)OC(COC(=O)CCCCCCCCCCCCCCCCCC)COP(=O)(O)OCC(O)CO. The van der Waals surface area contributed by atoms with Gasteiger partial charge < -0.3 is 24.6 Å². The van der Waals surface area contributed by atoms with E-state index in [-0.39, 0.29) is 19.4 Å². The smallest absolute Gasteiger partial charge is 0.462 e. The predicted octanol–water partition coefficient (Wildman–Crippen LogP) is 12.1. The molecule has 0 spiro atoms. The van der Waals surface area contributed by atoms with Crippen LogP contribution < -0.4 is 0 Å². The summed E-state index contributed by atoms with van der Waals surface area (Å²) in [5, 5.41) is 18.3. The minimum atomic E-state index is -4.64. The molecule has 0 heterocycles. The predicted molar refractivity (Wildman–Crippen MR) is 237 cm³/mol. The molecule has 0 aliphatic rings. The van der Waals surface area contributed by atoms with Gasteiger partial charge in [-0.05, 0) is 51.4 Å². The quantitative estimate of drug-likeness (QED) is 0.0235. The largest absolute Gasteiger partial charge is 0.472 e. The Kier molecular flexibility index (Phi) is 40.6. The molecule has 10 nitrogen and oxygen atoms in total. The number of allylic oxidation sites excluding steroid dienone is 12. The first kappa shape index (κ1) is 55.4. The normalized spacial score (nSPS) is 14.5. The monoisotopic (exact) mass is 837 g/mol. The van der Waals surface area contributed by atoms with Gasteiger partial charge >= 0.3 is 19.8 Å². The zero-order valence-electron chi connectivity index (χ0n) is 36.2. The van der Waals surface area contributed by atoms with Crippen molar-refractivity contribution in [3.63, 3.8) is 0 Å². The molecule has 0 radical (unpaired) electrons. The molecule has 0 saturated heterocycles. The number of ether oxygens (including phenoxy) is 2. The van der Waals surface area contributed by atoms with Crippen LogP contribution in [0.15, 0.2) is 72.9 Å². The van der Waals surface area contributed by atoms with Gasteiger partial charge in [-0.25, -0.2) is 4.57 Å². The lowest BCUT2D eigenvalue weighted by atomic mass is 10.0. The number of hydrogen-bond donors (Lipinski definition) is 3. The summed E-state index contributed by atoms with van der Waals surface area (Å²) in [6.07, 6.45) is 48.8. The highest BCUT2D eigenvalue weighted by Gasteiger charge is 2.27. The van der Waals surface area contributed by atoms with Crippen molar-refractivity contribution >= 4 is 19.8 Å². The van der Waals surface area contributed by atoms with Crippen molar-refractivity contribution < 1.29 is 47.8 Å². The van der Waals surface area contributed by atoms with Crippen molar-refractivity contribution in [2.45, 2.75) is 187 Å². The first-order chi connectivity index (χ1) is 28.2. The van der Waals surface area contributed by atoms with E-state index in [2.05, 4.69) is 79.1 Å². The highest BCUT2D eigenvalue weighted by atomic mass is 31.2. The summed E-state index contributed by atoms with van der Waals surface area (Å²) in [6, 6.07) is 0. The highest BCUT2D eigenvalue weighted by Crippen LogP contribution is 2.43. The van der Waals surface area contributed by atoms with E-state index in [0.29, 0.717) is 12.8 Å². The van der Waals surface area contributed by atoms with Crippen molar-refractivity contribution in [3.8, 4) is 0 Å². The highest BCUT2D eigenvalue weighted by molar-refractivity contribution is 7.47. The minimum Gasteiger partial charge on any atom is -0.462 e. The van der Waals surface area contributed by atoms with Gasteiger partial charge in [0.1, 0.15) is 12.7 Å². The third kappa shape index (κ3) is 41.6. The first-order valence-corrected chi connectivity index (χ1v) is 23.9. The molecule has 0 aromatic heterocycles. The van der Waals surface area contributed by atoms with Crippen molar-refractivity contribution in [2.24, 2.45) is 0 Å². The Morgan fingerprint density at radius 2 is 0.948 bits per heavy atom. The van der Waals surface area contributed by atoms with Gasteiger partial charge in [-0.2, -0.15) is 0 Å². The second kappa shape index (κ2) is 42.5. The zero-order chi connectivity index (χ0) is 42.6. The second-order valence-corrected chi connectivity index (χ2v) is 16.2. The van der Waals surface area contributed by atoms with Gasteiger partial charge in [-0.1, -0.05) is 183 Å². The van der Waals surface area contributed by atoms with Crippen LogP contribution in [-0.4, -0.2) is 65.7 Å². The van der Waals surface area contributed by atoms with Crippen LogP contribution >= 0.6 is 7.82 Å². The van der Waals surface area contributed by atoms with E-state index in [1.807, 2.05) is 12.2 Å². The lowest BCUT2D eigenvalue weighted by Crippen LogP contribution is -2.29. The van der Waals surface area contributed by atoms with Crippen LogP contribution in [0.25, 0.3) is 0 Å². The summed E-state index contributed by atoms with van der Waals surface area (Å²) in [6.45, 7) is 2.18. The number of unbranched alkanes of at least 4 members (excludes halogenated alkanes) is 15. The van der Waals surface area contributed by atoms with Crippen LogP contribution in [0, 0.1) is 0 Å². The molecule has 0 saturated carbocycles. The molecule has 3 atom stereocenters. The summed E-state index contributed by atoms with van der Waals surface area (Å²) in [4.78, 5) is 35.0. The number of phosphoric ester groups is 1. The molecule has 0 bridgehead atoms. The van der Waals surface area contributed by atoms with Gasteiger partial charge in [-0.15, -0.1) is 0 Å². The molecule has 58 heavy (non-hydrogen) atoms. The van der Waals surface area contributed by atoms with Crippen molar-refractivity contribution in [1.29, 1.82) is 0 Å². The number of phosphoric acid groups is 1. The van der Waals surface area contributed by atoms with Gasteiger partial charge in [0.05, 0.1) is 19.8 Å². The number of aliphatic hydroxyl groups excluding tert-OH is 2. The van der Waals surface area contributed by atoms with E-state index in [1.54, 1.807) is 0 Å². The number of esters is 2. The van der Waals surface area contributed by atoms with E-state index >= 15 is 0 Å². The fraction of sp³-hybridized carbons (Fsp3) is 0.702. The van der Waals surface area contributed by atoms with Gasteiger partial charge in [0.25, 0.3) is 0 Å². The molecule has 0 aromatic carbocycles. The van der Waals surface area contributed by atoms with E-state index in [1.165, 1.54) is 77.0 Å². The van der Waals surface area contributed by atoms with Crippen LogP contribution in [0.2, 0.25) is 0 Å². The average molecular weight is 837 g/mol. The first-order valence-electron chi connectivity index (χ1n) is 22.4. The Hall–Kier alpha value is -2.59. The Morgan fingerprint density at radius 1 is 0.534 bits per heavy atom. The lowest BCUT2D eigenvalue weighted by Gasteiger charge is -2.20. The maximum Gasteiger partial charge on any atom is 0.472 e.